The molecule has 7 nitrogen and oxygen atoms in total. The predicted octanol–water partition coefficient (Wildman–Crippen LogP) is 4.31. The molecule has 2 amide bonds. The second kappa shape index (κ2) is 12.0. The van der Waals surface area contributed by atoms with Crippen LogP contribution in [0, 0.1) is 5.92 Å². The lowest BCUT2D eigenvalue weighted by Gasteiger charge is -2.15. The maximum atomic E-state index is 12.2. The number of fused-ring (bicyclic) bond motifs is 3. The SMILES string of the molecule is CC(CCCNC(=O)OCC1c2ccccc2-c2ccccc21)C(=O)NCCCCC(=O)O. The number of unbranched alkanes of at least 4 members (excludes halogenated alkanes) is 1. The maximum absolute atomic E-state index is 12.2. The second-order valence-electron chi connectivity index (χ2n) is 8.44. The Morgan fingerprint density at radius 3 is 2.15 bits per heavy atom. The summed E-state index contributed by atoms with van der Waals surface area (Å²) in [5.74, 6) is -1.01. The van der Waals surface area contributed by atoms with Crippen molar-refractivity contribution in [2.45, 2.75) is 44.9 Å². The molecule has 0 radical (unpaired) electrons. The lowest BCUT2D eigenvalue weighted by atomic mass is 9.98. The van der Waals surface area contributed by atoms with E-state index in [0.29, 0.717) is 38.8 Å². The molecule has 0 spiro atoms. The molecule has 0 heterocycles. The summed E-state index contributed by atoms with van der Waals surface area (Å²) in [6, 6.07) is 16.4. The molecule has 0 fully saturated rings. The molecule has 2 aromatic rings. The first-order valence-electron chi connectivity index (χ1n) is 11.6. The topological polar surface area (TPSA) is 105 Å². The van der Waals surface area contributed by atoms with E-state index in [1.54, 1.807) is 0 Å². The smallest absolute Gasteiger partial charge is 0.407 e. The van der Waals surface area contributed by atoms with E-state index in [1.165, 1.54) is 22.3 Å². The minimum Gasteiger partial charge on any atom is -0.481 e. The van der Waals surface area contributed by atoms with Crippen LogP contribution in [-0.4, -0.2) is 42.8 Å². The summed E-state index contributed by atoms with van der Waals surface area (Å²) in [5, 5.41) is 14.2. The van der Waals surface area contributed by atoms with Crippen molar-refractivity contribution in [3.8, 4) is 11.1 Å². The van der Waals surface area contributed by atoms with E-state index in [2.05, 4.69) is 34.9 Å². The third kappa shape index (κ3) is 6.81. The van der Waals surface area contributed by atoms with Gasteiger partial charge in [-0.05, 0) is 47.9 Å². The lowest BCUT2D eigenvalue weighted by Crippen LogP contribution is -2.31. The van der Waals surface area contributed by atoms with E-state index >= 15 is 0 Å². The van der Waals surface area contributed by atoms with Gasteiger partial charge in [-0.25, -0.2) is 4.79 Å². The molecular weight excluding hydrogens is 420 g/mol. The van der Waals surface area contributed by atoms with E-state index in [1.807, 2.05) is 31.2 Å². The minimum absolute atomic E-state index is 0.0300. The third-order valence-corrected chi connectivity index (χ3v) is 5.99. The van der Waals surface area contributed by atoms with Gasteiger partial charge in [0, 0.05) is 31.3 Å². The zero-order valence-electron chi connectivity index (χ0n) is 19.0. The van der Waals surface area contributed by atoms with Gasteiger partial charge in [0.1, 0.15) is 6.61 Å². The van der Waals surface area contributed by atoms with Gasteiger partial charge in [0.25, 0.3) is 0 Å². The number of hydrogen-bond donors (Lipinski definition) is 3. The fourth-order valence-corrected chi connectivity index (χ4v) is 4.17. The number of aliphatic carboxylic acids is 1. The van der Waals surface area contributed by atoms with Gasteiger partial charge in [-0.1, -0.05) is 55.5 Å². The van der Waals surface area contributed by atoms with Crippen LogP contribution in [0.5, 0.6) is 0 Å². The number of amides is 2. The number of nitrogens with one attached hydrogen (secondary N) is 2. The number of carbonyl (C=O) groups excluding carboxylic acids is 2. The monoisotopic (exact) mass is 452 g/mol. The van der Waals surface area contributed by atoms with Crippen LogP contribution in [0.3, 0.4) is 0 Å². The molecular formula is C26H32N2O5. The van der Waals surface area contributed by atoms with Crippen LogP contribution in [-0.2, 0) is 14.3 Å². The van der Waals surface area contributed by atoms with Crippen molar-refractivity contribution in [2.75, 3.05) is 19.7 Å². The van der Waals surface area contributed by atoms with E-state index in [9.17, 15) is 14.4 Å². The molecule has 0 saturated heterocycles. The Kier molecular flexibility index (Phi) is 8.87. The molecule has 1 aliphatic rings. The highest BCUT2D eigenvalue weighted by molar-refractivity contribution is 5.79. The Morgan fingerprint density at radius 1 is 0.909 bits per heavy atom. The predicted molar refractivity (Wildman–Crippen MR) is 126 cm³/mol. The number of rotatable bonds is 12. The number of ether oxygens (including phenoxy) is 1. The standard InChI is InChI=1S/C26H32N2O5/c1-18(25(31)27-15-7-6-14-24(29)30)9-8-16-28-26(32)33-17-23-21-12-4-2-10-19(21)20-11-3-5-13-22(20)23/h2-5,10-13,18,23H,6-9,14-17H2,1H3,(H,27,31)(H,28,32)(H,29,30). The summed E-state index contributed by atoms with van der Waals surface area (Å²) >= 11 is 0. The number of carboxylic acids is 1. The molecule has 0 bridgehead atoms. The van der Waals surface area contributed by atoms with Crippen LogP contribution >= 0.6 is 0 Å². The summed E-state index contributed by atoms with van der Waals surface area (Å²) in [6.45, 7) is 3.04. The van der Waals surface area contributed by atoms with Crippen LogP contribution in [0.2, 0.25) is 0 Å². The van der Waals surface area contributed by atoms with Gasteiger partial charge in [0.2, 0.25) is 5.91 Å². The summed E-state index contributed by atoms with van der Waals surface area (Å²) in [4.78, 5) is 34.8. The van der Waals surface area contributed by atoms with Crippen LogP contribution in [0.15, 0.2) is 48.5 Å². The van der Waals surface area contributed by atoms with Crippen molar-refractivity contribution >= 4 is 18.0 Å². The van der Waals surface area contributed by atoms with E-state index in [0.717, 1.165) is 0 Å². The first kappa shape index (κ1) is 24.3. The molecule has 1 atom stereocenters. The van der Waals surface area contributed by atoms with E-state index in [4.69, 9.17) is 9.84 Å². The molecule has 176 valence electrons. The van der Waals surface area contributed by atoms with Gasteiger partial charge in [0.15, 0.2) is 0 Å². The molecule has 0 aromatic heterocycles. The first-order chi connectivity index (χ1) is 16.0. The number of carbonyl (C=O) groups is 3. The summed E-state index contributed by atoms with van der Waals surface area (Å²) < 4.78 is 5.52. The van der Waals surface area contributed by atoms with Gasteiger partial charge in [-0.2, -0.15) is 0 Å². The number of hydrogen-bond acceptors (Lipinski definition) is 4. The van der Waals surface area contributed by atoms with Gasteiger partial charge in [0.05, 0.1) is 0 Å². The molecule has 3 N–H and O–H groups in total. The van der Waals surface area contributed by atoms with Crippen molar-refractivity contribution < 1.29 is 24.2 Å². The summed E-state index contributed by atoms with van der Waals surface area (Å²) in [7, 11) is 0. The fraction of sp³-hybridized carbons (Fsp3) is 0.423. The van der Waals surface area contributed by atoms with Crippen LogP contribution in [0.1, 0.15) is 56.1 Å². The molecule has 1 unspecified atom stereocenters. The zero-order valence-corrected chi connectivity index (χ0v) is 19.0. The number of carboxylic acid groups (broad SMARTS) is 1. The normalized spacial score (nSPS) is 13.0. The van der Waals surface area contributed by atoms with Crippen LogP contribution < -0.4 is 10.6 Å². The summed E-state index contributed by atoms with van der Waals surface area (Å²) in [6.07, 6.45) is 2.17. The van der Waals surface area contributed by atoms with Gasteiger partial charge in [-0.3, -0.25) is 9.59 Å². The largest absolute Gasteiger partial charge is 0.481 e. The van der Waals surface area contributed by atoms with Gasteiger partial charge >= 0.3 is 12.1 Å². The Labute approximate surface area is 194 Å². The number of alkyl carbamates (subject to hydrolysis) is 1. The summed E-state index contributed by atoms with van der Waals surface area (Å²) in [5.41, 5.74) is 4.73. The maximum Gasteiger partial charge on any atom is 0.407 e. The van der Waals surface area contributed by atoms with Crippen LogP contribution in [0.4, 0.5) is 4.79 Å². The average molecular weight is 453 g/mol. The number of benzene rings is 2. The van der Waals surface area contributed by atoms with Crippen molar-refractivity contribution in [3.05, 3.63) is 59.7 Å². The van der Waals surface area contributed by atoms with E-state index in [-0.39, 0.29) is 30.8 Å². The van der Waals surface area contributed by atoms with Crippen molar-refractivity contribution in [1.29, 1.82) is 0 Å². The van der Waals surface area contributed by atoms with Crippen molar-refractivity contribution in [2.24, 2.45) is 5.92 Å². The quantitative estimate of drug-likeness (QED) is 0.416. The molecule has 0 aliphatic heterocycles. The Balaban J connectivity index is 1.34. The Hall–Kier alpha value is -3.35. The third-order valence-electron chi connectivity index (χ3n) is 5.99. The van der Waals surface area contributed by atoms with Crippen LogP contribution in [0.25, 0.3) is 11.1 Å². The molecule has 33 heavy (non-hydrogen) atoms. The zero-order chi connectivity index (χ0) is 23.6. The molecule has 0 saturated carbocycles. The lowest BCUT2D eigenvalue weighted by molar-refractivity contribution is -0.137. The van der Waals surface area contributed by atoms with Crippen molar-refractivity contribution in [3.63, 3.8) is 0 Å². The Morgan fingerprint density at radius 2 is 1.52 bits per heavy atom. The highest BCUT2D eigenvalue weighted by Gasteiger charge is 2.28. The van der Waals surface area contributed by atoms with Gasteiger partial charge < -0.3 is 20.5 Å². The average Bonchev–Trinajstić information content (AvgIpc) is 3.13. The molecule has 2 aromatic carbocycles. The highest BCUT2D eigenvalue weighted by atomic mass is 16.5. The minimum atomic E-state index is -0.821. The Bertz CT molecular complexity index is 929. The second-order valence-corrected chi connectivity index (χ2v) is 8.44. The first-order valence-corrected chi connectivity index (χ1v) is 11.6. The van der Waals surface area contributed by atoms with E-state index < -0.39 is 12.1 Å². The van der Waals surface area contributed by atoms with Crippen molar-refractivity contribution in [1.82, 2.24) is 10.6 Å². The fourth-order valence-electron chi connectivity index (χ4n) is 4.17. The molecule has 1 aliphatic carbocycles. The highest BCUT2D eigenvalue weighted by Crippen LogP contribution is 2.44. The van der Waals surface area contributed by atoms with Gasteiger partial charge in [-0.15, -0.1) is 0 Å². The molecule has 7 heteroatoms. The molecule has 3 rings (SSSR count).